The molecule has 0 spiro atoms. The summed E-state index contributed by atoms with van der Waals surface area (Å²) < 4.78 is 15.6. The van der Waals surface area contributed by atoms with Crippen LogP contribution >= 0.6 is 0 Å². The summed E-state index contributed by atoms with van der Waals surface area (Å²) in [5, 5.41) is 4.56. The zero-order chi connectivity index (χ0) is 15.4. The van der Waals surface area contributed by atoms with Crippen molar-refractivity contribution in [2.75, 3.05) is 0 Å². The van der Waals surface area contributed by atoms with E-state index in [4.69, 9.17) is 5.84 Å². The van der Waals surface area contributed by atoms with E-state index in [0.29, 0.717) is 18.0 Å². The number of nitrogens with zero attached hydrogens (tertiary/aromatic N) is 2. The molecule has 1 aromatic heterocycles. The number of benzene rings is 1. The molecule has 2 atom stereocenters. The van der Waals surface area contributed by atoms with Crippen molar-refractivity contribution in [1.29, 1.82) is 0 Å². The van der Waals surface area contributed by atoms with E-state index >= 15 is 0 Å². The van der Waals surface area contributed by atoms with E-state index in [1.807, 2.05) is 23.0 Å². The molecule has 0 fully saturated rings. The second-order valence-corrected chi connectivity index (χ2v) is 5.48. The van der Waals surface area contributed by atoms with Crippen LogP contribution in [0.3, 0.4) is 0 Å². The molecule has 2 aromatic rings. The van der Waals surface area contributed by atoms with Gasteiger partial charge in [-0.1, -0.05) is 19.1 Å². The lowest BCUT2D eigenvalue weighted by Crippen LogP contribution is -2.29. The maximum atomic E-state index is 13.7. The minimum absolute atomic E-state index is 0.152. The Bertz CT molecular complexity index is 594. The number of aryl methyl sites for hydroxylation is 1. The Hall–Kier alpha value is -1.72. The Morgan fingerprint density at radius 2 is 2.14 bits per heavy atom. The van der Waals surface area contributed by atoms with Crippen LogP contribution in [0.15, 0.2) is 30.5 Å². The van der Waals surface area contributed by atoms with Crippen molar-refractivity contribution in [2.24, 2.45) is 5.84 Å². The molecule has 2 rings (SSSR count). The van der Waals surface area contributed by atoms with E-state index in [1.54, 1.807) is 13.0 Å². The monoisotopic (exact) mass is 290 g/mol. The highest BCUT2D eigenvalue weighted by Crippen LogP contribution is 2.20. The third-order valence-electron chi connectivity index (χ3n) is 3.92. The standard InChI is InChI=1S/C16H23FN4/c1-4-12(3)21-8-7-14(20-21)10-16(19-18)13-6-5-11(2)15(17)9-13/h5-9,12,16,19H,4,10,18H2,1-3H3. The number of hydrogen-bond acceptors (Lipinski definition) is 3. The van der Waals surface area contributed by atoms with Gasteiger partial charge in [-0.15, -0.1) is 0 Å². The lowest BCUT2D eigenvalue weighted by atomic mass is 10.0. The normalized spacial score (nSPS) is 14.1. The first-order valence-corrected chi connectivity index (χ1v) is 7.31. The van der Waals surface area contributed by atoms with Crippen LogP contribution in [0.2, 0.25) is 0 Å². The van der Waals surface area contributed by atoms with Crippen LogP contribution in [0.4, 0.5) is 4.39 Å². The third-order valence-corrected chi connectivity index (χ3v) is 3.92. The molecule has 3 N–H and O–H groups in total. The summed E-state index contributed by atoms with van der Waals surface area (Å²) in [6.07, 6.45) is 3.64. The Balaban J connectivity index is 2.15. The average Bonchev–Trinajstić information content (AvgIpc) is 2.95. The Morgan fingerprint density at radius 1 is 1.38 bits per heavy atom. The van der Waals surface area contributed by atoms with Crippen LogP contribution < -0.4 is 11.3 Å². The number of hydrazine groups is 1. The molecule has 0 aliphatic heterocycles. The van der Waals surface area contributed by atoms with Gasteiger partial charge in [0.2, 0.25) is 0 Å². The predicted molar refractivity (Wildman–Crippen MR) is 82.1 cm³/mol. The molecule has 4 nitrogen and oxygen atoms in total. The largest absolute Gasteiger partial charge is 0.271 e. The van der Waals surface area contributed by atoms with Crippen molar-refractivity contribution in [3.05, 3.63) is 53.1 Å². The second kappa shape index (κ2) is 6.83. The van der Waals surface area contributed by atoms with Crippen LogP contribution in [0.1, 0.15) is 49.2 Å². The number of halogens is 1. The molecular formula is C16H23FN4. The second-order valence-electron chi connectivity index (χ2n) is 5.48. The number of nitrogens with two attached hydrogens (primary N) is 1. The summed E-state index contributed by atoms with van der Waals surface area (Å²) in [4.78, 5) is 0. The van der Waals surface area contributed by atoms with E-state index in [9.17, 15) is 4.39 Å². The summed E-state index contributed by atoms with van der Waals surface area (Å²) in [5.74, 6) is 5.42. The first-order valence-electron chi connectivity index (χ1n) is 7.31. The van der Waals surface area contributed by atoms with Crippen LogP contribution in [0, 0.1) is 12.7 Å². The first kappa shape index (κ1) is 15.7. The first-order chi connectivity index (χ1) is 10.0. The van der Waals surface area contributed by atoms with Gasteiger partial charge in [-0.25, -0.2) is 4.39 Å². The van der Waals surface area contributed by atoms with E-state index in [0.717, 1.165) is 17.7 Å². The van der Waals surface area contributed by atoms with E-state index in [1.165, 1.54) is 6.07 Å². The zero-order valence-corrected chi connectivity index (χ0v) is 12.8. The van der Waals surface area contributed by atoms with Gasteiger partial charge in [-0.05, 0) is 43.5 Å². The number of hydrogen-bond donors (Lipinski definition) is 2. The molecule has 0 saturated heterocycles. The third kappa shape index (κ3) is 3.68. The number of nitrogens with one attached hydrogen (secondary N) is 1. The summed E-state index contributed by atoms with van der Waals surface area (Å²) in [5.41, 5.74) is 5.16. The molecule has 2 unspecified atom stereocenters. The Kier molecular flexibility index (Phi) is 5.09. The van der Waals surface area contributed by atoms with Crippen molar-refractivity contribution in [1.82, 2.24) is 15.2 Å². The van der Waals surface area contributed by atoms with Crippen LogP contribution in [-0.2, 0) is 6.42 Å². The molecule has 1 heterocycles. The molecule has 0 saturated carbocycles. The maximum Gasteiger partial charge on any atom is 0.126 e. The molecule has 21 heavy (non-hydrogen) atoms. The fourth-order valence-corrected chi connectivity index (χ4v) is 2.23. The van der Waals surface area contributed by atoms with Gasteiger partial charge >= 0.3 is 0 Å². The molecule has 114 valence electrons. The topological polar surface area (TPSA) is 55.9 Å². The van der Waals surface area contributed by atoms with Crippen molar-refractivity contribution >= 4 is 0 Å². The van der Waals surface area contributed by atoms with Crippen molar-refractivity contribution in [3.63, 3.8) is 0 Å². The van der Waals surface area contributed by atoms with Crippen LogP contribution in [0.5, 0.6) is 0 Å². The lowest BCUT2D eigenvalue weighted by molar-refractivity contribution is 0.466. The summed E-state index contributed by atoms with van der Waals surface area (Å²) in [7, 11) is 0. The van der Waals surface area contributed by atoms with Gasteiger partial charge in [0.1, 0.15) is 5.82 Å². The molecule has 0 bridgehead atoms. The summed E-state index contributed by atoms with van der Waals surface area (Å²) in [6.45, 7) is 6.01. The molecule has 0 aliphatic rings. The fourth-order valence-electron chi connectivity index (χ4n) is 2.23. The minimum atomic E-state index is -0.210. The fraction of sp³-hybridized carbons (Fsp3) is 0.438. The van der Waals surface area contributed by atoms with E-state index in [2.05, 4.69) is 24.4 Å². The quantitative estimate of drug-likeness (QED) is 0.635. The van der Waals surface area contributed by atoms with Crippen LogP contribution in [-0.4, -0.2) is 9.78 Å². The zero-order valence-electron chi connectivity index (χ0n) is 12.8. The summed E-state index contributed by atoms with van der Waals surface area (Å²) >= 11 is 0. The number of aromatic nitrogens is 2. The van der Waals surface area contributed by atoms with Crippen LogP contribution in [0.25, 0.3) is 0 Å². The van der Waals surface area contributed by atoms with Crippen molar-refractivity contribution < 1.29 is 4.39 Å². The van der Waals surface area contributed by atoms with Crippen molar-refractivity contribution in [3.8, 4) is 0 Å². The van der Waals surface area contributed by atoms with Gasteiger partial charge in [0.25, 0.3) is 0 Å². The van der Waals surface area contributed by atoms with Gasteiger partial charge in [0.05, 0.1) is 11.7 Å². The summed E-state index contributed by atoms with van der Waals surface area (Å²) in [6, 6.07) is 7.41. The SMILES string of the molecule is CCC(C)n1ccc(CC(NN)c2ccc(C)c(F)c2)n1. The molecule has 0 aliphatic carbocycles. The molecular weight excluding hydrogens is 267 g/mol. The van der Waals surface area contributed by atoms with Crippen molar-refractivity contribution in [2.45, 2.75) is 45.7 Å². The van der Waals surface area contributed by atoms with Gasteiger partial charge in [0.15, 0.2) is 0 Å². The predicted octanol–water partition coefficient (Wildman–Crippen LogP) is 3.05. The minimum Gasteiger partial charge on any atom is -0.271 e. The molecule has 0 radical (unpaired) electrons. The molecule has 1 aromatic carbocycles. The molecule has 0 amide bonds. The molecule has 5 heteroatoms. The van der Waals surface area contributed by atoms with Gasteiger partial charge < -0.3 is 0 Å². The highest BCUT2D eigenvalue weighted by atomic mass is 19.1. The van der Waals surface area contributed by atoms with Gasteiger partial charge in [-0.3, -0.25) is 16.0 Å². The lowest BCUT2D eigenvalue weighted by Gasteiger charge is -2.16. The van der Waals surface area contributed by atoms with E-state index < -0.39 is 0 Å². The van der Waals surface area contributed by atoms with Gasteiger partial charge in [-0.2, -0.15) is 5.10 Å². The Morgan fingerprint density at radius 3 is 2.76 bits per heavy atom. The smallest absolute Gasteiger partial charge is 0.126 e. The van der Waals surface area contributed by atoms with E-state index in [-0.39, 0.29) is 11.9 Å². The van der Waals surface area contributed by atoms with Gasteiger partial charge in [0, 0.05) is 18.7 Å². The Labute approximate surface area is 125 Å². The highest BCUT2D eigenvalue weighted by Gasteiger charge is 2.14. The maximum absolute atomic E-state index is 13.7. The highest BCUT2D eigenvalue weighted by molar-refractivity contribution is 5.26. The average molecular weight is 290 g/mol. The number of rotatable bonds is 6.